The average molecular weight is 432 g/mol. The van der Waals surface area contributed by atoms with Crippen LogP contribution >= 0.6 is 11.3 Å². The van der Waals surface area contributed by atoms with Gasteiger partial charge in [-0.1, -0.05) is 6.07 Å². The van der Waals surface area contributed by atoms with Crippen molar-refractivity contribution in [2.24, 2.45) is 5.92 Å². The van der Waals surface area contributed by atoms with Crippen LogP contribution in [0, 0.1) is 11.7 Å². The van der Waals surface area contributed by atoms with Crippen LogP contribution in [0.3, 0.4) is 0 Å². The van der Waals surface area contributed by atoms with E-state index in [1.807, 2.05) is 30.8 Å². The van der Waals surface area contributed by atoms with Crippen LogP contribution in [0.15, 0.2) is 29.1 Å². The zero-order valence-electron chi connectivity index (χ0n) is 17.9. The summed E-state index contributed by atoms with van der Waals surface area (Å²) in [5, 5.41) is 5.11. The maximum Gasteiger partial charge on any atom is 0.225 e. The summed E-state index contributed by atoms with van der Waals surface area (Å²) in [4.78, 5) is 19.8. The molecule has 0 saturated carbocycles. The van der Waals surface area contributed by atoms with Crippen LogP contribution < -0.4 is 5.32 Å². The van der Waals surface area contributed by atoms with Crippen molar-refractivity contribution in [3.05, 3.63) is 51.7 Å². The van der Waals surface area contributed by atoms with Gasteiger partial charge in [0.15, 0.2) is 0 Å². The second kappa shape index (κ2) is 8.73. The molecule has 162 valence electrons. The molecule has 2 aliphatic rings. The van der Waals surface area contributed by atoms with Crippen LogP contribution in [0.2, 0.25) is 0 Å². The number of halogens is 1. The molecule has 4 rings (SSSR count). The van der Waals surface area contributed by atoms with Gasteiger partial charge in [0.25, 0.3) is 0 Å². The number of aromatic nitrogens is 1. The largest absolute Gasteiger partial charge is 0.365 e. The zero-order valence-corrected chi connectivity index (χ0v) is 18.7. The predicted molar refractivity (Wildman–Crippen MR) is 116 cm³/mol. The molecule has 1 aromatic carbocycles. The smallest absolute Gasteiger partial charge is 0.225 e. The van der Waals surface area contributed by atoms with Crippen LogP contribution in [0.4, 0.5) is 4.39 Å². The van der Waals surface area contributed by atoms with Gasteiger partial charge in [-0.2, -0.15) is 0 Å². The Kier molecular flexibility index (Phi) is 6.23. The number of hydrogen-bond donors (Lipinski definition) is 1. The van der Waals surface area contributed by atoms with Gasteiger partial charge in [0.2, 0.25) is 5.91 Å². The van der Waals surface area contributed by atoms with Crippen LogP contribution in [-0.2, 0) is 28.2 Å². The summed E-state index contributed by atoms with van der Waals surface area (Å²) in [7, 11) is 0. The highest BCUT2D eigenvalue weighted by Gasteiger charge is 2.44. The number of fused-ring (bicyclic) bond motifs is 2. The van der Waals surface area contributed by atoms with E-state index in [2.05, 4.69) is 22.1 Å². The number of thiazole rings is 1. The Labute approximate surface area is 181 Å². The van der Waals surface area contributed by atoms with E-state index < -0.39 is 5.60 Å². The molecular weight excluding hydrogens is 401 g/mol. The lowest BCUT2D eigenvalue weighted by Gasteiger charge is -2.43. The molecule has 5 nitrogen and oxygen atoms in total. The normalized spacial score (nSPS) is 20.3. The number of carbonyl (C=O) groups excluding carboxylic acids is 1. The van der Waals surface area contributed by atoms with Crippen molar-refractivity contribution in [3.8, 4) is 0 Å². The molecule has 0 bridgehead atoms. The molecule has 2 aliphatic heterocycles. The zero-order chi connectivity index (χ0) is 21.3. The third-order valence-corrected chi connectivity index (χ3v) is 7.15. The fourth-order valence-corrected chi connectivity index (χ4v) is 5.36. The fourth-order valence-electron chi connectivity index (χ4n) is 4.79. The average Bonchev–Trinajstić information content (AvgIpc) is 3.34. The summed E-state index contributed by atoms with van der Waals surface area (Å²) in [6, 6.07) is 5.17. The Morgan fingerprint density at radius 2 is 2.10 bits per heavy atom. The van der Waals surface area contributed by atoms with E-state index in [1.54, 1.807) is 17.4 Å². The van der Waals surface area contributed by atoms with Crippen molar-refractivity contribution in [3.63, 3.8) is 0 Å². The van der Waals surface area contributed by atoms with E-state index in [1.165, 1.54) is 6.07 Å². The third-order valence-electron chi connectivity index (χ3n) is 6.51. The monoisotopic (exact) mass is 431 g/mol. The molecule has 1 fully saturated rings. The molecule has 0 radical (unpaired) electrons. The van der Waals surface area contributed by atoms with Gasteiger partial charge < -0.3 is 10.1 Å². The van der Waals surface area contributed by atoms with E-state index in [-0.39, 0.29) is 29.7 Å². The van der Waals surface area contributed by atoms with Crippen LogP contribution in [0.25, 0.3) is 0 Å². The molecule has 1 saturated heterocycles. The minimum atomic E-state index is -0.391. The van der Waals surface area contributed by atoms with Crippen LogP contribution in [0.5, 0.6) is 0 Å². The number of carbonyl (C=O) groups is 1. The second-order valence-corrected chi connectivity index (χ2v) is 9.53. The van der Waals surface area contributed by atoms with Crippen molar-refractivity contribution < 1.29 is 13.9 Å². The van der Waals surface area contributed by atoms with E-state index in [0.29, 0.717) is 13.0 Å². The highest BCUT2D eigenvalue weighted by molar-refractivity contribution is 7.07. The molecule has 7 heteroatoms. The summed E-state index contributed by atoms with van der Waals surface area (Å²) in [6.07, 6.45) is 2.25. The molecule has 30 heavy (non-hydrogen) atoms. The SMILES string of the molecule is CC(C)NC(=O)C(Cc1cscn1)C(C)N1CCC2(CC1)OCc1ccc(F)cc12. The summed E-state index contributed by atoms with van der Waals surface area (Å²) in [6.45, 7) is 8.30. The Morgan fingerprint density at radius 1 is 1.33 bits per heavy atom. The van der Waals surface area contributed by atoms with E-state index in [4.69, 9.17) is 4.74 Å². The lowest BCUT2D eigenvalue weighted by molar-refractivity contribution is -0.129. The number of hydrogen-bond acceptors (Lipinski definition) is 5. The van der Waals surface area contributed by atoms with Gasteiger partial charge in [0.1, 0.15) is 5.82 Å². The maximum atomic E-state index is 13.9. The first-order valence-corrected chi connectivity index (χ1v) is 11.7. The maximum absolute atomic E-state index is 13.9. The molecule has 1 N–H and O–H groups in total. The number of nitrogens with one attached hydrogen (secondary N) is 1. The Balaban J connectivity index is 1.47. The fraction of sp³-hybridized carbons (Fsp3) is 0.565. The molecule has 1 aromatic heterocycles. The minimum Gasteiger partial charge on any atom is -0.365 e. The summed E-state index contributed by atoms with van der Waals surface area (Å²) < 4.78 is 20.1. The van der Waals surface area contributed by atoms with Crippen molar-refractivity contribution in [1.82, 2.24) is 15.2 Å². The van der Waals surface area contributed by atoms with Crippen molar-refractivity contribution >= 4 is 17.2 Å². The van der Waals surface area contributed by atoms with Gasteiger partial charge in [0.05, 0.1) is 29.3 Å². The summed E-state index contributed by atoms with van der Waals surface area (Å²) >= 11 is 1.56. The first kappa shape index (κ1) is 21.4. The van der Waals surface area contributed by atoms with Gasteiger partial charge in [-0.25, -0.2) is 9.37 Å². The summed E-state index contributed by atoms with van der Waals surface area (Å²) in [5.41, 5.74) is 4.49. The standard InChI is InChI=1S/C23H30FN3O2S/c1-15(2)26-22(28)20(11-19-13-30-14-25-19)16(3)27-8-6-23(7-9-27)21-10-18(24)5-4-17(21)12-29-23/h4-5,10,13-16,20H,6-9,11-12H2,1-3H3,(H,26,28). The lowest BCUT2D eigenvalue weighted by atomic mass is 9.82. The van der Waals surface area contributed by atoms with E-state index in [0.717, 1.165) is 42.8 Å². The Bertz CT molecular complexity index is 879. The van der Waals surface area contributed by atoms with Gasteiger partial charge in [-0.15, -0.1) is 11.3 Å². The van der Waals surface area contributed by atoms with Crippen molar-refractivity contribution in [2.45, 2.75) is 64.3 Å². The molecule has 0 aliphatic carbocycles. The number of amides is 1. The summed E-state index contributed by atoms with van der Waals surface area (Å²) in [5.74, 6) is -0.295. The number of benzene rings is 1. The predicted octanol–water partition coefficient (Wildman–Crippen LogP) is 3.88. The highest BCUT2D eigenvalue weighted by atomic mass is 32.1. The number of nitrogens with zero attached hydrogens (tertiary/aromatic N) is 2. The molecule has 1 spiro atoms. The number of rotatable bonds is 6. The van der Waals surface area contributed by atoms with Crippen molar-refractivity contribution in [2.75, 3.05) is 13.1 Å². The molecule has 1 amide bonds. The van der Waals surface area contributed by atoms with E-state index >= 15 is 0 Å². The quantitative estimate of drug-likeness (QED) is 0.754. The topological polar surface area (TPSA) is 54.5 Å². The molecule has 2 unspecified atom stereocenters. The van der Waals surface area contributed by atoms with Crippen LogP contribution in [0.1, 0.15) is 50.4 Å². The number of likely N-dealkylation sites (tertiary alicyclic amines) is 1. The van der Waals surface area contributed by atoms with Crippen LogP contribution in [-0.4, -0.2) is 41.0 Å². The molecule has 3 heterocycles. The van der Waals surface area contributed by atoms with Gasteiger partial charge in [-0.3, -0.25) is 9.69 Å². The minimum absolute atomic E-state index is 0.0790. The highest BCUT2D eigenvalue weighted by Crippen LogP contribution is 2.44. The Morgan fingerprint density at radius 3 is 2.77 bits per heavy atom. The lowest BCUT2D eigenvalue weighted by Crippen LogP contribution is -2.52. The molecule has 2 aromatic rings. The molecular formula is C23H30FN3O2S. The Hall–Kier alpha value is -1.83. The second-order valence-electron chi connectivity index (χ2n) is 8.81. The number of ether oxygens (including phenoxy) is 1. The van der Waals surface area contributed by atoms with Crippen molar-refractivity contribution in [1.29, 1.82) is 0 Å². The first-order valence-electron chi connectivity index (χ1n) is 10.7. The molecule has 2 atom stereocenters. The van der Waals surface area contributed by atoms with Gasteiger partial charge in [0, 0.05) is 37.0 Å². The first-order chi connectivity index (χ1) is 14.4. The van der Waals surface area contributed by atoms with Gasteiger partial charge >= 0.3 is 0 Å². The third kappa shape index (κ3) is 4.29. The van der Waals surface area contributed by atoms with Gasteiger partial charge in [-0.05, 0) is 56.9 Å². The van der Waals surface area contributed by atoms with E-state index in [9.17, 15) is 9.18 Å². The number of piperidine rings is 1.